The molecule has 11 heteroatoms. The van der Waals surface area contributed by atoms with E-state index in [2.05, 4.69) is 4.74 Å². The molecule has 19 heavy (non-hydrogen) atoms. The quantitative estimate of drug-likeness (QED) is 0.218. The number of carboxylic acids is 3. The molecule has 0 heterocycles. The van der Waals surface area contributed by atoms with Gasteiger partial charge in [-0.3, -0.25) is 4.79 Å². The molecule has 112 valence electrons. The van der Waals surface area contributed by atoms with E-state index in [1.807, 2.05) is 0 Å². The average molecular weight is 322 g/mol. The number of aliphatic carboxylic acids is 3. The van der Waals surface area contributed by atoms with Crippen molar-refractivity contribution in [3.63, 3.8) is 0 Å². The Morgan fingerprint density at radius 2 is 1.58 bits per heavy atom. The molecule has 0 saturated carbocycles. The van der Waals surface area contributed by atoms with Gasteiger partial charge in [0.1, 0.15) is 6.04 Å². The fourth-order valence-electron chi connectivity index (χ4n) is 0.801. The summed E-state index contributed by atoms with van der Waals surface area (Å²) in [4.78, 5) is 41.9. The van der Waals surface area contributed by atoms with Gasteiger partial charge in [-0.2, -0.15) is 0 Å². The SMILES string of the molecule is N[C@@H](CCC(=O)[O-])C(=O)OC(C(=O)O)C(=O)O.[Fe].[NH4+]. The Bertz CT molecular complexity index is 334. The zero-order chi connectivity index (χ0) is 13.6. The van der Waals surface area contributed by atoms with Gasteiger partial charge in [0.15, 0.2) is 0 Å². The predicted octanol–water partition coefficient (Wildman–Crippen LogP) is -2.70. The van der Waals surface area contributed by atoms with Gasteiger partial charge in [0.2, 0.25) is 0 Å². The van der Waals surface area contributed by atoms with E-state index in [4.69, 9.17) is 15.9 Å². The normalized spacial score (nSPS) is 10.6. The van der Waals surface area contributed by atoms with E-state index >= 15 is 0 Å². The van der Waals surface area contributed by atoms with Crippen LogP contribution in [0.15, 0.2) is 0 Å². The van der Waals surface area contributed by atoms with Crippen LogP contribution in [0, 0.1) is 0 Å². The van der Waals surface area contributed by atoms with Crippen LogP contribution >= 0.6 is 0 Å². The Labute approximate surface area is 118 Å². The first-order valence-corrected chi connectivity index (χ1v) is 4.37. The zero-order valence-corrected chi connectivity index (χ0v) is 10.9. The Morgan fingerprint density at radius 3 is 1.89 bits per heavy atom. The predicted molar refractivity (Wildman–Crippen MR) is 53.4 cm³/mol. The number of carbonyl (C=O) groups excluding carboxylic acids is 2. The number of quaternary nitrogens is 1. The van der Waals surface area contributed by atoms with E-state index in [1.165, 1.54) is 0 Å². The van der Waals surface area contributed by atoms with Gasteiger partial charge >= 0.3 is 17.9 Å². The summed E-state index contributed by atoms with van der Waals surface area (Å²) < 4.78 is 4.09. The molecule has 0 aromatic heterocycles. The minimum Gasteiger partial charge on any atom is -0.550 e. The van der Waals surface area contributed by atoms with E-state index in [1.54, 1.807) is 0 Å². The summed E-state index contributed by atoms with van der Waals surface area (Å²) in [5, 5.41) is 26.8. The molecule has 10 nitrogen and oxygen atoms in total. The molecule has 0 aliphatic heterocycles. The fraction of sp³-hybridized carbons (Fsp3) is 0.500. The van der Waals surface area contributed by atoms with E-state index in [9.17, 15) is 24.3 Å². The Morgan fingerprint density at radius 1 is 1.16 bits per heavy atom. The van der Waals surface area contributed by atoms with Crippen molar-refractivity contribution >= 4 is 23.9 Å². The smallest absolute Gasteiger partial charge is 0.356 e. The number of hydrogen-bond donors (Lipinski definition) is 4. The van der Waals surface area contributed by atoms with Gasteiger partial charge in [0.05, 0.1) is 0 Å². The molecule has 0 spiro atoms. The minimum absolute atomic E-state index is 0. The van der Waals surface area contributed by atoms with Crippen LogP contribution in [0.3, 0.4) is 0 Å². The first-order valence-electron chi connectivity index (χ1n) is 4.37. The summed E-state index contributed by atoms with van der Waals surface area (Å²) in [6.07, 6.45) is -3.23. The molecule has 0 bridgehead atoms. The maximum absolute atomic E-state index is 11.1. The molecular weight excluding hydrogens is 308 g/mol. The maximum Gasteiger partial charge on any atom is 0.356 e. The first-order chi connectivity index (χ1) is 7.75. The summed E-state index contributed by atoms with van der Waals surface area (Å²) >= 11 is 0. The number of carbonyl (C=O) groups is 4. The maximum atomic E-state index is 11.1. The first kappa shape index (κ1) is 22.5. The Balaban J connectivity index is -0.00000128. The molecule has 0 saturated heterocycles. The van der Waals surface area contributed by atoms with Gasteiger partial charge in [-0.25, -0.2) is 9.59 Å². The van der Waals surface area contributed by atoms with E-state index in [0.717, 1.165) is 0 Å². The molecule has 0 amide bonds. The zero-order valence-electron chi connectivity index (χ0n) is 9.84. The largest absolute Gasteiger partial charge is 0.550 e. The summed E-state index contributed by atoms with van der Waals surface area (Å²) in [7, 11) is 0. The van der Waals surface area contributed by atoms with Crippen LogP contribution in [0.5, 0.6) is 0 Å². The molecular formula is C8H14FeN2O8. The van der Waals surface area contributed by atoms with Crippen LogP contribution < -0.4 is 17.0 Å². The van der Waals surface area contributed by atoms with Crippen molar-refractivity contribution in [1.82, 2.24) is 6.15 Å². The van der Waals surface area contributed by atoms with Gasteiger partial charge in [-0.05, 0) is 12.8 Å². The summed E-state index contributed by atoms with van der Waals surface area (Å²) in [6.45, 7) is 0. The number of carboxylic acid groups (broad SMARTS) is 3. The molecule has 0 aromatic carbocycles. The van der Waals surface area contributed by atoms with Crippen molar-refractivity contribution in [3.8, 4) is 0 Å². The second-order valence-electron chi connectivity index (χ2n) is 3.01. The minimum atomic E-state index is -2.36. The van der Waals surface area contributed by atoms with E-state index < -0.39 is 42.4 Å². The molecule has 0 aliphatic carbocycles. The monoisotopic (exact) mass is 322 g/mol. The summed E-state index contributed by atoms with van der Waals surface area (Å²) in [5.41, 5.74) is 5.16. The molecule has 0 rings (SSSR count). The van der Waals surface area contributed by atoms with Crippen LogP contribution in [0.4, 0.5) is 0 Å². The molecule has 0 fully saturated rings. The van der Waals surface area contributed by atoms with Gasteiger partial charge in [-0.1, -0.05) is 0 Å². The van der Waals surface area contributed by atoms with Crippen molar-refractivity contribution in [2.75, 3.05) is 0 Å². The van der Waals surface area contributed by atoms with Crippen LogP contribution in [0.2, 0.25) is 0 Å². The van der Waals surface area contributed by atoms with Crippen molar-refractivity contribution in [1.29, 1.82) is 0 Å². The van der Waals surface area contributed by atoms with Crippen molar-refractivity contribution < 1.29 is 56.3 Å². The number of ether oxygens (including phenoxy) is 1. The van der Waals surface area contributed by atoms with E-state index in [-0.39, 0.29) is 29.6 Å². The fourth-order valence-corrected chi connectivity index (χ4v) is 0.801. The van der Waals surface area contributed by atoms with Crippen molar-refractivity contribution in [2.24, 2.45) is 5.73 Å². The van der Waals surface area contributed by atoms with Gasteiger partial charge < -0.3 is 36.7 Å². The standard InChI is InChI=1S/C8H11NO8.Fe.H3N/c9-3(1-2-4(10)11)8(16)17-5(6(12)13)7(14)15;;/h3,5H,1-2,9H2,(H,10,11)(H,12,13)(H,14,15);;1H3/t3-;;/m0../s1. The Hall–Kier alpha value is -1.68. The topological polar surface area (TPSA) is 204 Å². The number of rotatable bonds is 7. The molecule has 0 aromatic rings. The van der Waals surface area contributed by atoms with Crippen molar-refractivity contribution in [2.45, 2.75) is 25.0 Å². The average Bonchev–Trinajstić information content (AvgIpc) is 2.20. The van der Waals surface area contributed by atoms with Crippen molar-refractivity contribution in [3.05, 3.63) is 0 Å². The van der Waals surface area contributed by atoms with Crippen LogP contribution in [0.25, 0.3) is 0 Å². The van der Waals surface area contributed by atoms with Gasteiger partial charge in [-0.15, -0.1) is 0 Å². The molecule has 8 N–H and O–H groups in total. The van der Waals surface area contributed by atoms with Gasteiger partial charge in [0.25, 0.3) is 6.10 Å². The second kappa shape index (κ2) is 10.3. The number of nitrogens with two attached hydrogens (primary N) is 1. The number of hydrogen-bond acceptors (Lipinski definition) is 7. The second-order valence-corrected chi connectivity index (χ2v) is 3.01. The third-order valence-corrected chi connectivity index (χ3v) is 1.64. The van der Waals surface area contributed by atoms with Crippen LogP contribution in [-0.4, -0.2) is 46.2 Å². The van der Waals surface area contributed by atoms with E-state index in [0.29, 0.717) is 0 Å². The third-order valence-electron chi connectivity index (χ3n) is 1.64. The molecule has 0 radical (unpaired) electrons. The Kier molecular flexibility index (Phi) is 12.1. The van der Waals surface area contributed by atoms with Crippen LogP contribution in [0.1, 0.15) is 12.8 Å². The summed E-state index contributed by atoms with van der Waals surface area (Å²) in [5.74, 6) is -6.47. The third kappa shape index (κ3) is 8.97. The molecule has 0 unspecified atom stereocenters. The number of esters is 1. The van der Waals surface area contributed by atoms with Crippen LogP contribution in [-0.2, 0) is 41.0 Å². The molecule has 1 atom stereocenters. The molecule has 0 aliphatic rings. The summed E-state index contributed by atoms with van der Waals surface area (Å²) in [6, 6.07) is -1.42. The van der Waals surface area contributed by atoms with Gasteiger partial charge in [0, 0.05) is 23.0 Å².